The number of aromatic nitrogens is 3. The number of methoxy groups -OCH3 is 1. The zero-order valence-electron chi connectivity index (χ0n) is 16.3. The van der Waals surface area contributed by atoms with Gasteiger partial charge >= 0.3 is 0 Å². The zero-order chi connectivity index (χ0) is 19.3. The summed E-state index contributed by atoms with van der Waals surface area (Å²) in [4.78, 5) is 19.5. The molecule has 2 bridgehead atoms. The Morgan fingerprint density at radius 1 is 1.29 bits per heavy atom. The lowest BCUT2D eigenvalue weighted by Gasteiger charge is -2.36. The largest absolute Gasteiger partial charge is 0.496 e. The van der Waals surface area contributed by atoms with Crippen molar-refractivity contribution in [2.75, 3.05) is 7.11 Å². The summed E-state index contributed by atoms with van der Waals surface area (Å²) in [6.45, 7) is 2.06. The van der Waals surface area contributed by atoms with Gasteiger partial charge in [0.15, 0.2) is 5.65 Å². The highest BCUT2D eigenvalue weighted by atomic mass is 16.5. The van der Waals surface area contributed by atoms with Gasteiger partial charge in [-0.1, -0.05) is 19.1 Å². The first-order chi connectivity index (χ1) is 13.7. The van der Waals surface area contributed by atoms with Crippen LogP contribution in [0.1, 0.15) is 49.9 Å². The molecular weight excluding hydrogens is 352 g/mol. The van der Waals surface area contributed by atoms with Gasteiger partial charge in [-0.3, -0.25) is 4.79 Å². The average molecular weight is 376 g/mol. The molecule has 3 aromatic rings. The number of amides is 1. The molecule has 0 unspecified atom stereocenters. The quantitative estimate of drug-likeness (QED) is 0.695. The molecule has 2 aliphatic rings. The molecule has 4 heterocycles. The average Bonchev–Trinajstić information content (AvgIpc) is 3.29. The van der Waals surface area contributed by atoms with Gasteiger partial charge in [-0.05, 0) is 31.4 Å². The number of nitrogens with zero attached hydrogens (tertiary/aromatic N) is 4. The minimum atomic E-state index is 0.142. The van der Waals surface area contributed by atoms with Crippen molar-refractivity contribution in [3.63, 3.8) is 0 Å². The summed E-state index contributed by atoms with van der Waals surface area (Å²) in [5.74, 6) is 1.08. The van der Waals surface area contributed by atoms with E-state index in [4.69, 9.17) is 9.84 Å². The summed E-state index contributed by atoms with van der Waals surface area (Å²) in [7, 11) is 1.67. The second-order valence-corrected chi connectivity index (χ2v) is 7.66. The first-order valence-corrected chi connectivity index (χ1v) is 10.0. The Hall–Kier alpha value is -2.89. The number of carbonyl (C=O) groups is 1. The van der Waals surface area contributed by atoms with Crippen molar-refractivity contribution in [2.45, 2.75) is 51.1 Å². The van der Waals surface area contributed by atoms with Crippen LogP contribution in [-0.2, 0) is 11.2 Å². The summed E-state index contributed by atoms with van der Waals surface area (Å²) >= 11 is 0. The van der Waals surface area contributed by atoms with Crippen LogP contribution in [0.2, 0.25) is 0 Å². The SMILES string of the molecule is CCCC(=O)N1[C@H]2CC[C@@H]1c1cnc3cc(-c4ccccc4OC)nn3c1C2. The molecule has 1 fully saturated rings. The molecule has 6 heteroatoms. The summed E-state index contributed by atoms with van der Waals surface area (Å²) in [6, 6.07) is 10.3. The van der Waals surface area contributed by atoms with Crippen LogP contribution in [0.25, 0.3) is 16.9 Å². The van der Waals surface area contributed by atoms with Crippen LogP contribution in [0.15, 0.2) is 36.5 Å². The topological polar surface area (TPSA) is 59.7 Å². The Labute approximate surface area is 164 Å². The van der Waals surface area contributed by atoms with Crippen molar-refractivity contribution in [3.8, 4) is 17.0 Å². The summed E-state index contributed by atoms with van der Waals surface area (Å²) < 4.78 is 7.48. The molecule has 2 atom stereocenters. The van der Waals surface area contributed by atoms with Crippen molar-refractivity contribution in [1.29, 1.82) is 0 Å². The predicted octanol–water partition coefficient (Wildman–Crippen LogP) is 3.79. The highest BCUT2D eigenvalue weighted by Crippen LogP contribution is 2.44. The van der Waals surface area contributed by atoms with Crippen molar-refractivity contribution < 1.29 is 9.53 Å². The molecule has 0 saturated carbocycles. The maximum absolute atomic E-state index is 12.7. The van der Waals surface area contributed by atoms with E-state index in [2.05, 4.69) is 16.8 Å². The molecule has 6 nitrogen and oxygen atoms in total. The predicted molar refractivity (Wildman–Crippen MR) is 106 cm³/mol. The van der Waals surface area contributed by atoms with E-state index in [1.165, 1.54) is 5.69 Å². The third-order valence-electron chi connectivity index (χ3n) is 6.04. The fourth-order valence-corrected chi connectivity index (χ4v) is 4.80. The van der Waals surface area contributed by atoms with Crippen LogP contribution < -0.4 is 4.74 Å². The van der Waals surface area contributed by atoms with Crippen LogP contribution in [0.4, 0.5) is 0 Å². The fourth-order valence-electron chi connectivity index (χ4n) is 4.80. The smallest absolute Gasteiger partial charge is 0.223 e. The molecule has 1 amide bonds. The minimum absolute atomic E-state index is 0.142. The molecule has 28 heavy (non-hydrogen) atoms. The maximum atomic E-state index is 12.7. The van der Waals surface area contributed by atoms with E-state index in [1.807, 2.05) is 41.0 Å². The Morgan fingerprint density at radius 3 is 2.96 bits per heavy atom. The van der Waals surface area contributed by atoms with Gasteiger partial charge in [0.2, 0.25) is 5.91 Å². The number of hydrogen-bond donors (Lipinski definition) is 0. The Balaban J connectivity index is 1.60. The zero-order valence-corrected chi connectivity index (χ0v) is 16.3. The van der Waals surface area contributed by atoms with Crippen molar-refractivity contribution in [2.24, 2.45) is 0 Å². The molecular formula is C22H24N4O2. The van der Waals surface area contributed by atoms with Crippen LogP contribution in [0.3, 0.4) is 0 Å². The molecule has 5 rings (SSSR count). The molecule has 1 aromatic carbocycles. The van der Waals surface area contributed by atoms with Gasteiger partial charge in [-0.15, -0.1) is 0 Å². The van der Waals surface area contributed by atoms with Crippen LogP contribution in [0.5, 0.6) is 5.75 Å². The number of fused-ring (bicyclic) bond motifs is 6. The van der Waals surface area contributed by atoms with Crippen molar-refractivity contribution in [1.82, 2.24) is 19.5 Å². The third kappa shape index (κ3) is 2.51. The lowest BCUT2D eigenvalue weighted by molar-refractivity contribution is -0.134. The van der Waals surface area contributed by atoms with Gasteiger partial charge < -0.3 is 9.64 Å². The van der Waals surface area contributed by atoms with Crippen LogP contribution in [0, 0.1) is 0 Å². The molecule has 2 aromatic heterocycles. The second-order valence-electron chi connectivity index (χ2n) is 7.66. The first-order valence-electron chi connectivity index (χ1n) is 10.0. The van der Waals surface area contributed by atoms with Gasteiger partial charge in [0.1, 0.15) is 5.75 Å². The molecule has 0 radical (unpaired) electrons. The third-order valence-corrected chi connectivity index (χ3v) is 6.04. The fraction of sp³-hybridized carbons (Fsp3) is 0.409. The van der Waals surface area contributed by atoms with E-state index < -0.39 is 0 Å². The highest BCUT2D eigenvalue weighted by Gasteiger charge is 2.43. The minimum Gasteiger partial charge on any atom is -0.496 e. The second kappa shape index (κ2) is 6.62. The monoisotopic (exact) mass is 376 g/mol. The lowest BCUT2D eigenvalue weighted by Crippen LogP contribution is -2.42. The van der Waals surface area contributed by atoms with E-state index in [1.54, 1.807) is 7.11 Å². The first kappa shape index (κ1) is 17.2. The molecule has 0 spiro atoms. The highest BCUT2D eigenvalue weighted by molar-refractivity contribution is 5.78. The standard InChI is InChI=1S/C22H24N4O2/c1-3-6-22(27)25-14-9-10-18(25)16-13-23-21-12-17(24-26(21)19(16)11-14)15-7-4-5-8-20(15)28-2/h4-5,7-8,12-14,18H,3,6,9-11H2,1-2H3/t14-,18+/m0/s1. The number of hydrogen-bond acceptors (Lipinski definition) is 4. The number of benzene rings is 1. The summed E-state index contributed by atoms with van der Waals surface area (Å²) in [5.41, 5.74) is 5.00. The molecule has 0 aliphatic carbocycles. The molecule has 1 saturated heterocycles. The van der Waals surface area contributed by atoms with Gasteiger partial charge in [-0.2, -0.15) is 5.10 Å². The number of para-hydroxylation sites is 1. The van der Waals surface area contributed by atoms with E-state index in [9.17, 15) is 4.79 Å². The van der Waals surface area contributed by atoms with E-state index in [0.29, 0.717) is 6.42 Å². The van der Waals surface area contributed by atoms with Crippen LogP contribution in [-0.4, -0.2) is 38.6 Å². The maximum Gasteiger partial charge on any atom is 0.223 e. The van der Waals surface area contributed by atoms with Gasteiger partial charge in [-0.25, -0.2) is 9.50 Å². The van der Waals surface area contributed by atoms with Crippen LogP contribution >= 0.6 is 0 Å². The molecule has 2 aliphatic heterocycles. The number of rotatable bonds is 4. The summed E-state index contributed by atoms with van der Waals surface area (Å²) in [5, 5.41) is 4.88. The normalized spacial score (nSPS) is 20.4. The molecule has 0 N–H and O–H groups in total. The number of carbonyl (C=O) groups excluding carboxylic acids is 1. The number of ether oxygens (including phenoxy) is 1. The van der Waals surface area contributed by atoms with Crippen molar-refractivity contribution in [3.05, 3.63) is 47.8 Å². The summed E-state index contributed by atoms with van der Waals surface area (Å²) in [6.07, 6.45) is 6.38. The van der Waals surface area contributed by atoms with Gasteiger partial charge in [0, 0.05) is 42.3 Å². The Morgan fingerprint density at radius 2 is 2.14 bits per heavy atom. The van der Waals surface area contributed by atoms with Crippen molar-refractivity contribution >= 4 is 11.6 Å². The lowest BCUT2D eigenvalue weighted by atomic mass is 9.98. The van der Waals surface area contributed by atoms with Gasteiger partial charge in [0.05, 0.1) is 24.5 Å². The Kier molecular flexibility index (Phi) is 4.07. The van der Waals surface area contributed by atoms with Gasteiger partial charge in [0.25, 0.3) is 0 Å². The Bertz CT molecular complexity index is 1060. The van der Waals surface area contributed by atoms with E-state index >= 15 is 0 Å². The van der Waals surface area contributed by atoms with E-state index in [0.717, 1.165) is 53.9 Å². The van der Waals surface area contributed by atoms with E-state index in [-0.39, 0.29) is 18.0 Å². The molecule has 144 valence electrons.